The summed E-state index contributed by atoms with van der Waals surface area (Å²) in [7, 11) is 1.98. The molecule has 0 saturated carbocycles. The maximum absolute atomic E-state index is 12.2. The Bertz CT molecular complexity index is 500. The van der Waals surface area contributed by atoms with Crippen molar-refractivity contribution in [3.63, 3.8) is 0 Å². The van der Waals surface area contributed by atoms with E-state index in [1.54, 1.807) is 0 Å². The number of rotatable bonds is 4. The van der Waals surface area contributed by atoms with Crippen molar-refractivity contribution in [2.45, 2.75) is 40.7 Å². The van der Waals surface area contributed by atoms with E-state index in [0.29, 0.717) is 12.6 Å². The summed E-state index contributed by atoms with van der Waals surface area (Å²) in [5.41, 5.74) is 2.05. The van der Waals surface area contributed by atoms with Gasteiger partial charge in [0.2, 0.25) is 5.91 Å². The Kier molecular flexibility index (Phi) is 6.44. The highest BCUT2D eigenvalue weighted by Crippen LogP contribution is 2.32. The fourth-order valence-corrected chi connectivity index (χ4v) is 3.64. The topological polar surface area (TPSA) is 32.3 Å². The largest absolute Gasteiger partial charge is 0.323 e. The highest BCUT2D eigenvalue weighted by Gasteiger charge is 2.25. The van der Waals surface area contributed by atoms with Crippen molar-refractivity contribution in [1.82, 2.24) is 4.90 Å². The fraction of sp³-hybridized carbons (Fsp3) is 0.562. The molecule has 0 aliphatic rings. The monoisotopic (exact) mass is 418 g/mol. The number of likely N-dealkylation sites (N-methyl/N-ethyl adjacent to an activating group) is 1. The van der Waals surface area contributed by atoms with Crippen LogP contribution in [0.3, 0.4) is 0 Å². The molecule has 3 nitrogen and oxygen atoms in total. The number of carbonyl (C=O) groups excluding carboxylic acids is 1. The van der Waals surface area contributed by atoms with Crippen LogP contribution >= 0.6 is 31.9 Å². The highest BCUT2D eigenvalue weighted by atomic mass is 79.9. The predicted octanol–water partition coefficient (Wildman–Crippen LogP) is 4.82. The molecule has 1 unspecified atom stereocenters. The minimum Gasteiger partial charge on any atom is -0.323 e. The maximum Gasteiger partial charge on any atom is 0.238 e. The number of benzene rings is 1. The molecule has 5 heteroatoms. The molecule has 1 atom stereocenters. The zero-order valence-corrected chi connectivity index (χ0v) is 16.7. The van der Waals surface area contributed by atoms with Crippen molar-refractivity contribution in [3.05, 3.63) is 26.6 Å². The highest BCUT2D eigenvalue weighted by molar-refractivity contribution is 9.11. The molecule has 1 aromatic carbocycles. The molecule has 1 N–H and O–H groups in total. The van der Waals surface area contributed by atoms with Gasteiger partial charge in [0.15, 0.2) is 0 Å². The van der Waals surface area contributed by atoms with Gasteiger partial charge >= 0.3 is 0 Å². The first-order chi connectivity index (χ1) is 9.52. The van der Waals surface area contributed by atoms with E-state index in [2.05, 4.69) is 69.8 Å². The van der Waals surface area contributed by atoms with Gasteiger partial charge in [-0.3, -0.25) is 9.69 Å². The molecule has 0 bridgehead atoms. The average Bonchev–Trinajstić information content (AvgIpc) is 2.31. The second kappa shape index (κ2) is 7.25. The van der Waals surface area contributed by atoms with Crippen LogP contribution in [0, 0.1) is 12.3 Å². The summed E-state index contributed by atoms with van der Waals surface area (Å²) < 4.78 is 1.77. The van der Waals surface area contributed by atoms with E-state index in [1.807, 2.05) is 26.1 Å². The molecule has 0 aromatic heterocycles. The summed E-state index contributed by atoms with van der Waals surface area (Å²) in [5.74, 6) is -0.0150. The van der Waals surface area contributed by atoms with Crippen molar-refractivity contribution in [1.29, 1.82) is 0 Å². The summed E-state index contributed by atoms with van der Waals surface area (Å²) >= 11 is 6.99. The van der Waals surface area contributed by atoms with E-state index in [9.17, 15) is 4.79 Å². The third kappa shape index (κ3) is 5.38. The number of carbonyl (C=O) groups is 1. The van der Waals surface area contributed by atoms with Crippen molar-refractivity contribution >= 4 is 43.5 Å². The van der Waals surface area contributed by atoms with Crippen LogP contribution < -0.4 is 5.32 Å². The molecule has 1 rings (SSSR count). The number of amides is 1. The molecule has 0 heterocycles. The molecule has 118 valence electrons. The van der Waals surface area contributed by atoms with E-state index >= 15 is 0 Å². The summed E-state index contributed by atoms with van der Waals surface area (Å²) in [6.45, 7) is 11.1. The number of aryl methyl sites for hydroxylation is 1. The number of nitrogens with zero attached hydrogens (tertiary/aromatic N) is 1. The van der Waals surface area contributed by atoms with E-state index in [1.165, 1.54) is 0 Å². The fourth-order valence-electron chi connectivity index (χ4n) is 2.02. The first-order valence-corrected chi connectivity index (χ1v) is 8.56. The number of anilines is 1. The zero-order valence-electron chi connectivity index (χ0n) is 13.6. The molecular weight excluding hydrogens is 396 g/mol. The van der Waals surface area contributed by atoms with Crippen LogP contribution in [0.1, 0.15) is 33.3 Å². The Morgan fingerprint density at radius 1 is 1.29 bits per heavy atom. The lowest BCUT2D eigenvalue weighted by molar-refractivity contribution is -0.117. The number of hydrogen-bond donors (Lipinski definition) is 1. The van der Waals surface area contributed by atoms with Gasteiger partial charge in [0, 0.05) is 15.0 Å². The van der Waals surface area contributed by atoms with Crippen LogP contribution in [0.5, 0.6) is 0 Å². The first-order valence-electron chi connectivity index (χ1n) is 6.98. The van der Waals surface area contributed by atoms with Gasteiger partial charge in [0.1, 0.15) is 0 Å². The molecule has 0 aliphatic heterocycles. The molecule has 1 amide bonds. The Morgan fingerprint density at radius 2 is 1.76 bits per heavy atom. The summed E-state index contributed by atoms with van der Waals surface area (Å²) in [5, 5.41) is 2.97. The van der Waals surface area contributed by atoms with Crippen molar-refractivity contribution in [2.75, 3.05) is 18.9 Å². The van der Waals surface area contributed by atoms with Gasteiger partial charge in [-0.05, 0) is 75.9 Å². The number of hydrogen-bond acceptors (Lipinski definition) is 2. The minimum absolute atomic E-state index is 0.0150. The molecular formula is C16H24Br2N2O. The van der Waals surface area contributed by atoms with Gasteiger partial charge < -0.3 is 5.32 Å². The normalized spacial score (nSPS) is 13.4. The number of halogens is 2. The molecule has 0 aliphatic carbocycles. The molecule has 0 spiro atoms. The molecule has 0 radical (unpaired) electrons. The van der Waals surface area contributed by atoms with Crippen LogP contribution in [0.15, 0.2) is 21.1 Å². The summed E-state index contributed by atoms with van der Waals surface area (Å²) in [4.78, 5) is 14.3. The Balaban J connectivity index is 2.75. The van der Waals surface area contributed by atoms with E-state index in [-0.39, 0.29) is 11.3 Å². The smallest absolute Gasteiger partial charge is 0.238 e. The number of nitrogens with one attached hydrogen (secondary N) is 1. The van der Waals surface area contributed by atoms with Gasteiger partial charge in [0.05, 0.1) is 12.2 Å². The van der Waals surface area contributed by atoms with E-state index in [4.69, 9.17) is 0 Å². The zero-order chi connectivity index (χ0) is 16.4. The standard InChI is InChI=1S/C16H24Br2N2O/c1-10-7-12(17)15(13(18)8-10)19-14(21)9-20(6)11(2)16(3,4)5/h7-8,11H,9H2,1-6H3,(H,19,21). The molecule has 0 saturated heterocycles. The quantitative estimate of drug-likeness (QED) is 0.758. The Morgan fingerprint density at radius 3 is 2.19 bits per heavy atom. The molecule has 0 fully saturated rings. The van der Waals surface area contributed by atoms with Gasteiger partial charge in [-0.2, -0.15) is 0 Å². The van der Waals surface area contributed by atoms with Crippen molar-refractivity contribution in [2.24, 2.45) is 5.41 Å². The first kappa shape index (κ1) is 18.7. The van der Waals surface area contributed by atoms with Crippen LogP contribution in [0.2, 0.25) is 0 Å². The molecule has 21 heavy (non-hydrogen) atoms. The van der Waals surface area contributed by atoms with Gasteiger partial charge in [0.25, 0.3) is 0 Å². The Labute approximate surface area is 144 Å². The SMILES string of the molecule is Cc1cc(Br)c(NC(=O)CN(C)C(C)C(C)(C)C)c(Br)c1. The third-order valence-corrected chi connectivity index (χ3v) is 5.01. The van der Waals surface area contributed by atoms with E-state index < -0.39 is 0 Å². The lowest BCUT2D eigenvalue weighted by atomic mass is 9.87. The van der Waals surface area contributed by atoms with Crippen molar-refractivity contribution < 1.29 is 4.79 Å². The van der Waals surface area contributed by atoms with Crippen LogP contribution in [0.4, 0.5) is 5.69 Å². The van der Waals surface area contributed by atoms with Gasteiger partial charge in [-0.25, -0.2) is 0 Å². The third-order valence-electron chi connectivity index (χ3n) is 3.76. The van der Waals surface area contributed by atoms with Gasteiger partial charge in [-0.1, -0.05) is 20.8 Å². The van der Waals surface area contributed by atoms with Crippen LogP contribution in [-0.4, -0.2) is 30.4 Å². The van der Waals surface area contributed by atoms with Crippen LogP contribution in [-0.2, 0) is 4.79 Å². The van der Waals surface area contributed by atoms with E-state index in [0.717, 1.165) is 20.2 Å². The summed E-state index contributed by atoms with van der Waals surface area (Å²) in [6.07, 6.45) is 0. The average molecular weight is 420 g/mol. The van der Waals surface area contributed by atoms with Crippen molar-refractivity contribution in [3.8, 4) is 0 Å². The second-order valence-corrected chi connectivity index (χ2v) is 8.32. The van der Waals surface area contributed by atoms with Crippen LogP contribution in [0.25, 0.3) is 0 Å². The predicted molar refractivity (Wildman–Crippen MR) is 96.8 cm³/mol. The second-order valence-electron chi connectivity index (χ2n) is 6.61. The Hall–Kier alpha value is -0.390. The minimum atomic E-state index is -0.0150. The summed E-state index contributed by atoms with van der Waals surface area (Å²) in [6, 6.07) is 4.29. The lowest BCUT2D eigenvalue weighted by Crippen LogP contribution is -2.43. The molecule has 1 aromatic rings. The lowest BCUT2D eigenvalue weighted by Gasteiger charge is -2.34. The van der Waals surface area contributed by atoms with Gasteiger partial charge in [-0.15, -0.1) is 0 Å². The maximum atomic E-state index is 12.2.